The Morgan fingerprint density at radius 2 is 1.76 bits per heavy atom. The first kappa shape index (κ1) is 22.8. The molecule has 2 saturated heterocycles. The third-order valence-corrected chi connectivity index (χ3v) is 5.87. The minimum atomic E-state index is -4.83. The average Bonchev–Trinajstić information content (AvgIpc) is 2.97. The number of piperazine rings is 1. The van der Waals surface area contributed by atoms with Gasteiger partial charge in [-0.2, -0.15) is 0 Å². The highest BCUT2D eigenvalue weighted by atomic mass is 19.4. The van der Waals surface area contributed by atoms with E-state index in [-0.39, 0.29) is 12.1 Å². The number of urea groups is 1. The maximum atomic E-state index is 13.3. The van der Waals surface area contributed by atoms with E-state index in [9.17, 15) is 22.8 Å². The molecule has 2 fully saturated rings. The van der Waals surface area contributed by atoms with Crippen LogP contribution in [0.5, 0.6) is 5.75 Å². The number of likely N-dealkylation sites (N-methyl/N-ethyl adjacent to an activating group) is 1. The molecule has 1 unspecified atom stereocenters. The maximum absolute atomic E-state index is 13.3. The molecule has 2 aliphatic heterocycles. The van der Waals surface area contributed by atoms with Crippen LogP contribution in [0.15, 0.2) is 42.7 Å². The van der Waals surface area contributed by atoms with Crippen molar-refractivity contribution in [1.82, 2.24) is 15.2 Å². The number of ether oxygens (including phenoxy) is 1. The van der Waals surface area contributed by atoms with Gasteiger partial charge in [-0.3, -0.25) is 9.78 Å². The monoisotopic (exact) mass is 463 g/mol. The molecule has 1 aromatic carbocycles. The number of anilines is 2. The second-order valence-electron chi connectivity index (χ2n) is 8.42. The molecule has 11 heteroatoms. The summed E-state index contributed by atoms with van der Waals surface area (Å²) in [4.78, 5) is 35.6. The number of alkyl halides is 3. The number of rotatable bonds is 5. The molecule has 1 aromatic heterocycles. The van der Waals surface area contributed by atoms with E-state index in [4.69, 9.17) is 0 Å². The normalized spacial score (nSPS) is 22.0. The SMILES string of the molecule is CN1CCN(c2cnccc2CC2(C)NC(=O)N(c3ccc(OC(F)(F)F)cc3)C2=O)CC1. The molecule has 3 amide bonds. The molecule has 176 valence electrons. The Balaban J connectivity index is 1.54. The summed E-state index contributed by atoms with van der Waals surface area (Å²) < 4.78 is 41.1. The summed E-state index contributed by atoms with van der Waals surface area (Å²) in [6.45, 7) is 5.10. The molecule has 0 aliphatic carbocycles. The molecule has 1 atom stereocenters. The van der Waals surface area contributed by atoms with Crippen LogP contribution in [0.25, 0.3) is 0 Å². The number of carbonyl (C=O) groups is 2. The number of hydrogen-bond acceptors (Lipinski definition) is 6. The molecular weight excluding hydrogens is 439 g/mol. The molecule has 2 aliphatic rings. The molecule has 3 heterocycles. The molecule has 2 aromatic rings. The van der Waals surface area contributed by atoms with E-state index in [1.165, 1.54) is 12.1 Å². The number of nitrogens with zero attached hydrogens (tertiary/aromatic N) is 4. The third-order valence-electron chi connectivity index (χ3n) is 5.87. The highest BCUT2D eigenvalue weighted by molar-refractivity contribution is 6.23. The Bertz CT molecular complexity index is 1040. The van der Waals surface area contributed by atoms with Crippen LogP contribution in [0.1, 0.15) is 12.5 Å². The zero-order valence-electron chi connectivity index (χ0n) is 18.2. The first-order chi connectivity index (χ1) is 15.6. The molecule has 33 heavy (non-hydrogen) atoms. The maximum Gasteiger partial charge on any atom is 0.573 e. The van der Waals surface area contributed by atoms with Crippen LogP contribution in [0.2, 0.25) is 0 Å². The van der Waals surface area contributed by atoms with Gasteiger partial charge in [0.25, 0.3) is 5.91 Å². The summed E-state index contributed by atoms with van der Waals surface area (Å²) in [6, 6.07) is 5.81. The van der Waals surface area contributed by atoms with Gasteiger partial charge in [-0.05, 0) is 49.9 Å². The van der Waals surface area contributed by atoms with Crippen molar-refractivity contribution in [2.24, 2.45) is 0 Å². The largest absolute Gasteiger partial charge is 0.573 e. The lowest BCUT2D eigenvalue weighted by molar-refractivity contribution is -0.274. The molecule has 0 spiro atoms. The van der Waals surface area contributed by atoms with Crippen LogP contribution >= 0.6 is 0 Å². The molecule has 8 nitrogen and oxygen atoms in total. The van der Waals surface area contributed by atoms with E-state index >= 15 is 0 Å². The summed E-state index contributed by atoms with van der Waals surface area (Å²) in [5, 5.41) is 2.75. The standard InChI is InChI=1S/C22H24F3N5O3/c1-21(13-15-7-8-26-14-18(15)29-11-9-28(2)10-12-29)19(31)30(20(32)27-21)16-3-5-17(6-4-16)33-22(23,24)25/h3-8,14H,9-13H2,1-2H3,(H,27,32). The number of aromatic nitrogens is 1. The Hall–Kier alpha value is -3.34. The van der Waals surface area contributed by atoms with Crippen LogP contribution in [0, 0.1) is 0 Å². The number of amides is 3. The van der Waals surface area contributed by atoms with E-state index in [0.717, 1.165) is 54.5 Å². The van der Waals surface area contributed by atoms with Gasteiger partial charge in [0, 0.05) is 38.8 Å². The van der Waals surface area contributed by atoms with Gasteiger partial charge in [-0.15, -0.1) is 13.2 Å². The Morgan fingerprint density at radius 3 is 2.39 bits per heavy atom. The second kappa shape index (κ2) is 8.54. The smallest absolute Gasteiger partial charge is 0.406 e. The van der Waals surface area contributed by atoms with Gasteiger partial charge in [0.2, 0.25) is 0 Å². The first-order valence-corrected chi connectivity index (χ1v) is 10.4. The fraction of sp³-hybridized carbons (Fsp3) is 0.409. The van der Waals surface area contributed by atoms with Crippen LogP contribution in [0.3, 0.4) is 0 Å². The van der Waals surface area contributed by atoms with Gasteiger partial charge < -0.3 is 19.9 Å². The van der Waals surface area contributed by atoms with Crippen LogP contribution in [-0.2, 0) is 11.2 Å². The van der Waals surface area contributed by atoms with E-state index < -0.39 is 29.6 Å². The number of halogens is 3. The highest BCUT2D eigenvalue weighted by Gasteiger charge is 2.49. The summed E-state index contributed by atoms with van der Waals surface area (Å²) in [6.07, 6.45) is -1.17. The Labute approximate surface area is 188 Å². The molecule has 4 rings (SSSR count). The summed E-state index contributed by atoms with van der Waals surface area (Å²) in [5.41, 5.74) is 0.730. The number of pyridine rings is 1. The van der Waals surface area contributed by atoms with Crippen molar-refractivity contribution in [1.29, 1.82) is 0 Å². The van der Waals surface area contributed by atoms with E-state index in [2.05, 4.69) is 31.9 Å². The van der Waals surface area contributed by atoms with Gasteiger partial charge >= 0.3 is 12.4 Å². The van der Waals surface area contributed by atoms with Crippen molar-refractivity contribution in [3.63, 3.8) is 0 Å². The fourth-order valence-corrected chi connectivity index (χ4v) is 4.11. The summed E-state index contributed by atoms with van der Waals surface area (Å²) >= 11 is 0. The van der Waals surface area contributed by atoms with Crippen molar-refractivity contribution in [2.75, 3.05) is 43.0 Å². The molecule has 1 N–H and O–H groups in total. The summed E-state index contributed by atoms with van der Waals surface area (Å²) in [5.74, 6) is -0.923. The first-order valence-electron chi connectivity index (χ1n) is 10.4. The molecule has 0 bridgehead atoms. The van der Waals surface area contributed by atoms with Gasteiger partial charge in [0.15, 0.2) is 0 Å². The predicted molar refractivity (Wildman–Crippen MR) is 115 cm³/mol. The highest BCUT2D eigenvalue weighted by Crippen LogP contribution is 2.32. The minimum Gasteiger partial charge on any atom is -0.406 e. The van der Waals surface area contributed by atoms with Crippen molar-refractivity contribution in [3.8, 4) is 5.75 Å². The number of hydrogen-bond donors (Lipinski definition) is 1. The lowest BCUT2D eigenvalue weighted by Crippen LogP contribution is -2.47. The molecular formula is C22H24F3N5O3. The van der Waals surface area contributed by atoms with E-state index in [1.807, 2.05) is 6.07 Å². The number of benzene rings is 1. The van der Waals surface area contributed by atoms with Crippen LogP contribution < -0.4 is 19.9 Å². The number of nitrogens with one attached hydrogen (secondary N) is 1. The van der Waals surface area contributed by atoms with Gasteiger partial charge in [0.1, 0.15) is 11.3 Å². The molecule has 0 radical (unpaired) electrons. The average molecular weight is 463 g/mol. The van der Waals surface area contributed by atoms with Crippen molar-refractivity contribution >= 4 is 23.3 Å². The van der Waals surface area contributed by atoms with E-state index in [0.29, 0.717) is 0 Å². The Morgan fingerprint density at radius 1 is 1.09 bits per heavy atom. The van der Waals surface area contributed by atoms with Crippen molar-refractivity contribution in [3.05, 3.63) is 48.3 Å². The zero-order valence-corrected chi connectivity index (χ0v) is 18.2. The minimum absolute atomic E-state index is 0.157. The lowest BCUT2D eigenvalue weighted by atomic mass is 9.92. The van der Waals surface area contributed by atoms with Crippen molar-refractivity contribution < 1.29 is 27.5 Å². The Kier molecular flexibility index (Phi) is 5.91. The van der Waals surface area contributed by atoms with Gasteiger partial charge in [-0.25, -0.2) is 9.69 Å². The quantitative estimate of drug-likeness (QED) is 0.688. The fourth-order valence-electron chi connectivity index (χ4n) is 4.11. The molecule has 0 saturated carbocycles. The van der Waals surface area contributed by atoms with Crippen LogP contribution in [0.4, 0.5) is 29.3 Å². The third kappa shape index (κ3) is 4.87. The predicted octanol–water partition coefficient (Wildman–Crippen LogP) is 2.79. The zero-order chi connectivity index (χ0) is 23.8. The second-order valence-corrected chi connectivity index (χ2v) is 8.42. The van der Waals surface area contributed by atoms with E-state index in [1.54, 1.807) is 19.3 Å². The van der Waals surface area contributed by atoms with Crippen LogP contribution in [-0.4, -0.2) is 67.0 Å². The number of imide groups is 1. The topological polar surface area (TPSA) is 78.0 Å². The van der Waals surface area contributed by atoms with Gasteiger partial charge in [0.05, 0.1) is 17.6 Å². The van der Waals surface area contributed by atoms with Crippen molar-refractivity contribution in [2.45, 2.75) is 25.2 Å². The number of carbonyl (C=O) groups excluding carboxylic acids is 2. The summed E-state index contributed by atoms with van der Waals surface area (Å²) in [7, 11) is 2.06. The van der Waals surface area contributed by atoms with Gasteiger partial charge in [-0.1, -0.05) is 0 Å². The lowest BCUT2D eigenvalue weighted by Gasteiger charge is -2.35.